The Balaban J connectivity index is 2.90. The lowest BCUT2D eigenvalue weighted by Crippen LogP contribution is -1.98. The molecule has 1 aromatic carbocycles. The maximum Gasteiger partial charge on any atom is 0.177 e. The van der Waals surface area contributed by atoms with Crippen molar-refractivity contribution in [2.75, 3.05) is 5.88 Å². The molecule has 0 amide bonds. The molecule has 1 rings (SSSR count). The van der Waals surface area contributed by atoms with Crippen LogP contribution in [0.4, 0.5) is 0 Å². The lowest BCUT2D eigenvalue weighted by atomic mass is 10.1. The van der Waals surface area contributed by atoms with E-state index < -0.39 is 0 Å². The summed E-state index contributed by atoms with van der Waals surface area (Å²) in [5, 5.41) is 8.87. The molecule has 1 N–H and O–H groups in total. The van der Waals surface area contributed by atoms with Crippen molar-refractivity contribution in [3.8, 4) is 5.75 Å². The molecule has 11 heavy (non-hydrogen) atoms. The van der Waals surface area contributed by atoms with E-state index in [1.165, 1.54) is 12.1 Å². The average molecular weight is 171 g/mol. The molecule has 0 atom stereocenters. The third kappa shape index (κ3) is 1.95. The highest BCUT2D eigenvalue weighted by molar-refractivity contribution is 6.30. The van der Waals surface area contributed by atoms with Crippen molar-refractivity contribution < 1.29 is 9.90 Å². The van der Waals surface area contributed by atoms with Crippen LogP contribution in [0.2, 0.25) is 0 Å². The highest BCUT2D eigenvalue weighted by Gasteiger charge is 2.01. The first-order chi connectivity index (χ1) is 5.24. The minimum Gasteiger partial charge on any atom is -0.508 e. The van der Waals surface area contributed by atoms with E-state index in [1.54, 1.807) is 12.1 Å². The number of hydrogen-bond acceptors (Lipinski definition) is 2. The number of ketones is 1. The summed E-state index contributed by atoms with van der Waals surface area (Å²) in [5.74, 6) is -0.00657. The van der Waals surface area contributed by atoms with Gasteiger partial charge in [0.1, 0.15) is 5.75 Å². The van der Waals surface area contributed by atoms with Gasteiger partial charge in [-0.25, -0.2) is 0 Å². The number of halogens is 1. The van der Waals surface area contributed by atoms with Gasteiger partial charge in [0.15, 0.2) is 5.78 Å². The monoisotopic (exact) mass is 170 g/mol. The second-order valence-electron chi connectivity index (χ2n) is 2.10. The Bertz CT molecular complexity index is 253. The van der Waals surface area contributed by atoms with Gasteiger partial charge in [0.25, 0.3) is 0 Å². The summed E-state index contributed by atoms with van der Waals surface area (Å²) in [4.78, 5) is 10.9. The molecule has 0 aliphatic carbocycles. The van der Waals surface area contributed by atoms with E-state index in [2.05, 4.69) is 0 Å². The van der Waals surface area contributed by atoms with Crippen LogP contribution in [0, 0.1) is 0 Å². The van der Waals surface area contributed by atoms with Crippen molar-refractivity contribution >= 4 is 17.4 Å². The van der Waals surface area contributed by atoms with E-state index in [9.17, 15) is 4.79 Å². The van der Waals surface area contributed by atoms with Gasteiger partial charge in [-0.3, -0.25) is 4.79 Å². The molecule has 0 fully saturated rings. The van der Waals surface area contributed by atoms with E-state index >= 15 is 0 Å². The maximum atomic E-state index is 10.9. The van der Waals surface area contributed by atoms with E-state index in [4.69, 9.17) is 16.7 Å². The van der Waals surface area contributed by atoms with Crippen LogP contribution in [-0.4, -0.2) is 16.8 Å². The molecule has 0 saturated heterocycles. The lowest BCUT2D eigenvalue weighted by Gasteiger charge is -1.95. The Labute approximate surface area is 69.4 Å². The summed E-state index contributed by atoms with van der Waals surface area (Å²) in [6.07, 6.45) is 0. The van der Waals surface area contributed by atoms with E-state index in [-0.39, 0.29) is 17.4 Å². The highest BCUT2D eigenvalue weighted by Crippen LogP contribution is 2.10. The van der Waals surface area contributed by atoms with E-state index in [1.807, 2.05) is 0 Å². The van der Waals surface area contributed by atoms with Crippen molar-refractivity contribution in [1.82, 2.24) is 0 Å². The third-order valence-electron chi connectivity index (χ3n) is 1.31. The average Bonchev–Trinajstić information content (AvgIpc) is 2.05. The van der Waals surface area contributed by atoms with Crippen molar-refractivity contribution in [2.24, 2.45) is 0 Å². The highest BCUT2D eigenvalue weighted by atomic mass is 35.5. The molecule has 3 heteroatoms. The molecule has 0 spiro atoms. The zero-order valence-electron chi connectivity index (χ0n) is 5.75. The normalized spacial score (nSPS) is 9.55. The van der Waals surface area contributed by atoms with Gasteiger partial charge in [-0.1, -0.05) is 0 Å². The Morgan fingerprint density at radius 1 is 1.36 bits per heavy atom. The number of carbonyl (C=O) groups excluding carboxylic acids is 1. The predicted octanol–water partition coefficient (Wildman–Crippen LogP) is 1.81. The molecule has 0 bridgehead atoms. The summed E-state index contributed by atoms with van der Waals surface area (Å²) in [6.45, 7) is 0. The summed E-state index contributed by atoms with van der Waals surface area (Å²) in [6, 6.07) is 6.00. The molecule has 0 heterocycles. The van der Waals surface area contributed by atoms with Gasteiger partial charge in [-0.2, -0.15) is 0 Å². The lowest BCUT2D eigenvalue weighted by molar-refractivity contribution is 0.102. The predicted molar refractivity (Wildman–Crippen MR) is 43.2 cm³/mol. The maximum absolute atomic E-state index is 10.9. The Morgan fingerprint density at radius 2 is 1.91 bits per heavy atom. The SMILES string of the molecule is O=C(CCl)c1ccc(O)cc1. The molecule has 0 aliphatic heterocycles. The van der Waals surface area contributed by atoms with Gasteiger partial charge in [0, 0.05) is 5.56 Å². The van der Waals surface area contributed by atoms with Crippen molar-refractivity contribution in [3.63, 3.8) is 0 Å². The smallest absolute Gasteiger partial charge is 0.177 e. The molecule has 58 valence electrons. The van der Waals surface area contributed by atoms with E-state index in [0.29, 0.717) is 5.56 Å². The molecule has 0 saturated carbocycles. The number of carbonyl (C=O) groups is 1. The number of hydrogen-bond donors (Lipinski definition) is 1. The van der Waals surface area contributed by atoms with Crippen LogP contribution in [0.1, 0.15) is 10.4 Å². The van der Waals surface area contributed by atoms with Gasteiger partial charge < -0.3 is 5.11 Å². The number of phenols is 1. The number of benzene rings is 1. The number of Topliss-reactive ketones (excluding diaryl/α,β-unsaturated/α-hetero) is 1. The van der Waals surface area contributed by atoms with Crippen LogP contribution < -0.4 is 0 Å². The molecule has 0 unspecified atom stereocenters. The topological polar surface area (TPSA) is 37.3 Å². The van der Waals surface area contributed by atoms with Crippen LogP contribution in [-0.2, 0) is 0 Å². The summed E-state index contributed by atoms with van der Waals surface area (Å²) in [7, 11) is 0. The third-order valence-corrected chi connectivity index (χ3v) is 1.55. The van der Waals surface area contributed by atoms with Gasteiger partial charge >= 0.3 is 0 Å². The minimum absolute atomic E-state index is 0.0230. The summed E-state index contributed by atoms with van der Waals surface area (Å²) in [5.41, 5.74) is 0.526. The molecular weight excluding hydrogens is 164 g/mol. The number of rotatable bonds is 2. The molecule has 0 aromatic heterocycles. The zero-order chi connectivity index (χ0) is 8.27. The van der Waals surface area contributed by atoms with Gasteiger partial charge in [-0.05, 0) is 24.3 Å². The minimum atomic E-state index is -0.133. The molecule has 1 aromatic rings. The van der Waals surface area contributed by atoms with Crippen molar-refractivity contribution in [3.05, 3.63) is 29.8 Å². The standard InChI is InChI=1S/C8H7ClO2/c9-5-8(11)6-1-3-7(10)4-2-6/h1-4,10H,5H2. The fraction of sp³-hybridized carbons (Fsp3) is 0.125. The molecule has 0 radical (unpaired) electrons. The quantitative estimate of drug-likeness (QED) is 0.543. The van der Waals surface area contributed by atoms with Crippen LogP contribution in [0.5, 0.6) is 5.75 Å². The van der Waals surface area contributed by atoms with Gasteiger partial charge in [0.05, 0.1) is 5.88 Å². The summed E-state index contributed by atoms with van der Waals surface area (Å²) < 4.78 is 0. The number of aromatic hydroxyl groups is 1. The van der Waals surface area contributed by atoms with Crippen LogP contribution >= 0.6 is 11.6 Å². The van der Waals surface area contributed by atoms with Crippen molar-refractivity contribution in [1.29, 1.82) is 0 Å². The van der Waals surface area contributed by atoms with Crippen molar-refractivity contribution in [2.45, 2.75) is 0 Å². The largest absolute Gasteiger partial charge is 0.508 e. The van der Waals surface area contributed by atoms with E-state index in [0.717, 1.165) is 0 Å². The second-order valence-corrected chi connectivity index (χ2v) is 2.37. The molecular formula is C8H7ClO2. The Morgan fingerprint density at radius 3 is 2.36 bits per heavy atom. The number of phenolic OH excluding ortho intramolecular Hbond substituents is 1. The second kappa shape index (κ2) is 3.39. The van der Waals surface area contributed by atoms with Crippen LogP contribution in [0.15, 0.2) is 24.3 Å². The van der Waals surface area contributed by atoms with Gasteiger partial charge in [-0.15, -0.1) is 11.6 Å². The van der Waals surface area contributed by atoms with Crippen LogP contribution in [0.3, 0.4) is 0 Å². The Kier molecular flexibility index (Phi) is 2.49. The number of alkyl halides is 1. The zero-order valence-corrected chi connectivity index (χ0v) is 6.51. The molecule has 2 nitrogen and oxygen atoms in total. The first-order valence-electron chi connectivity index (χ1n) is 3.12. The van der Waals surface area contributed by atoms with Crippen LogP contribution in [0.25, 0.3) is 0 Å². The van der Waals surface area contributed by atoms with Gasteiger partial charge in [0.2, 0.25) is 0 Å². The molecule has 0 aliphatic rings. The fourth-order valence-electron chi connectivity index (χ4n) is 0.724. The first kappa shape index (κ1) is 8.08. The first-order valence-corrected chi connectivity index (χ1v) is 3.65. The fourth-order valence-corrected chi connectivity index (χ4v) is 0.879. The summed E-state index contributed by atoms with van der Waals surface area (Å²) >= 11 is 5.31. The Hall–Kier alpha value is -1.02.